The summed E-state index contributed by atoms with van der Waals surface area (Å²) >= 11 is 13.1. The molecule has 4 aliphatic rings. The van der Waals surface area contributed by atoms with Crippen LogP contribution in [0, 0.1) is 11.7 Å². The monoisotopic (exact) mass is 855 g/mol. The molecule has 0 aliphatic carbocycles. The topological polar surface area (TPSA) is 115 Å². The van der Waals surface area contributed by atoms with Gasteiger partial charge in [-0.25, -0.2) is 17.6 Å². The van der Waals surface area contributed by atoms with E-state index in [0.717, 1.165) is 30.2 Å². The van der Waals surface area contributed by atoms with Crippen molar-refractivity contribution in [3.8, 4) is 11.5 Å². The fourth-order valence-corrected chi connectivity index (χ4v) is 9.85. The number of nitrogens with zero attached hydrogens (tertiary/aromatic N) is 3. The van der Waals surface area contributed by atoms with Crippen LogP contribution in [0.2, 0.25) is 0 Å². The second kappa shape index (κ2) is 19.1. The number of fused-ring (bicyclic) bond motifs is 3. The molecule has 2 bridgehead atoms. The van der Waals surface area contributed by atoms with Gasteiger partial charge in [-0.15, -0.1) is 0 Å². The van der Waals surface area contributed by atoms with Gasteiger partial charge in [0.2, 0.25) is 10.0 Å². The second-order valence-electron chi connectivity index (χ2n) is 14.4. The van der Waals surface area contributed by atoms with Gasteiger partial charge in [0.1, 0.15) is 24.1 Å². The van der Waals surface area contributed by atoms with E-state index in [9.17, 15) is 18.0 Å². The highest BCUT2D eigenvalue weighted by atomic mass is 35.5. The molecule has 0 aromatic heterocycles. The number of carbonyl (C=O) groups is 2. The molecule has 7 rings (SSSR count). The highest BCUT2D eigenvalue weighted by molar-refractivity contribution is 7.89. The number of methoxy groups -OCH3 is 2. The Labute approximate surface area is 349 Å². The lowest BCUT2D eigenvalue weighted by molar-refractivity contribution is -0.153. The Hall–Kier alpha value is -4.40. The number of anilines is 1. The van der Waals surface area contributed by atoms with E-state index in [1.807, 2.05) is 0 Å². The number of hydrogen-bond acceptors (Lipinski definition) is 9. The Kier molecular flexibility index (Phi) is 14.2. The maximum absolute atomic E-state index is 15.1. The number of halogens is 3. The first-order chi connectivity index (χ1) is 27.9. The van der Waals surface area contributed by atoms with Gasteiger partial charge in [0.15, 0.2) is 11.5 Å². The Bertz CT molecular complexity index is 2160. The van der Waals surface area contributed by atoms with Gasteiger partial charge >= 0.3 is 12.1 Å². The van der Waals surface area contributed by atoms with E-state index in [4.69, 9.17) is 42.1 Å². The van der Waals surface area contributed by atoms with Crippen molar-refractivity contribution in [1.82, 2.24) is 9.21 Å². The predicted molar refractivity (Wildman–Crippen MR) is 221 cm³/mol. The van der Waals surface area contributed by atoms with Crippen molar-refractivity contribution in [2.75, 3.05) is 45.3 Å². The summed E-state index contributed by atoms with van der Waals surface area (Å²) in [5.41, 5.74) is 1.62. The zero-order valence-electron chi connectivity index (χ0n) is 32.7. The van der Waals surface area contributed by atoms with Crippen molar-refractivity contribution in [2.24, 2.45) is 5.92 Å². The van der Waals surface area contributed by atoms with E-state index in [2.05, 4.69) is 11.5 Å². The summed E-state index contributed by atoms with van der Waals surface area (Å²) in [6, 6.07) is 15.9. The lowest BCUT2D eigenvalue weighted by Gasteiger charge is -2.44. The smallest absolute Gasteiger partial charge is 0.415 e. The molecule has 4 fully saturated rings. The first-order valence-corrected chi connectivity index (χ1v) is 21.4. The number of esters is 1. The third-order valence-corrected chi connectivity index (χ3v) is 13.7. The van der Waals surface area contributed by atoms with Crippen LogP contribution in [0.5, 0.6) is 11.5 Å². The lowest BCUT2D eigenvalue weighted by Crippen LogP contribution is -2.53. The molecule has 4 saturated heterocycles. The van der Waals surface area contributed by atoms with Gasteiger partial charge in [-0.3, -0.25) is 14.6 Å². The Morgan fingerprint density at radius 2 is 1.69 bits per heavy atom. The van der Waals surface area contributed by atoms with Crippen LogP contribution < -0.4 is 14.4 Å². The van der Waals surface area contributed by atoms with Crippen LogP contribution in [-0.4, -0.2) is 82.2 Å². The molecular weight excluding hydrogens is 808 g/mol. The molecule has 58 heavy (non-hydrogen) atoms. The number of hydrogen-bond donors (Lipinski definition) is 0. The standard InChI is InChI=1S/C43H48Cl2FN3O8S/c1-5-33(44)32(34(45)6-2)25-39(30-15-18-38(54-3)40(24-30)55-4)56-42(50)37-12-9-21-49(37)58(52,53)31-16-13-28(14-17-31)26-48(36-11-8-7-10-35(36)46)43(51)57-41-27-47-22-19-29(41)20-23-47/h5-8,10-11,13-18,24,29,37,39,41H,1,9,12,19-23,25-27H2,2-4H3/b33-32+,34-6+/t37-,39-,41-/m0/s1. The first kappa shape index (κ1) is 43.2. The molecule has 15 heteroatoms. The van der Waals surface area contributed by atoms with Gasteiger partial charge in [0.25, 0.3) is 0 Å². The Balaban J connectivity index is 1.22. The Morgan fingerprint density at radius 3 is 2.31 bits per heavy atom. The number of benzene rings is 3. The summed E-state index contributed by atoms with van der Waals surface area (Å²) in [6.07, 6.45) is 3.77. The van der Waals surface area contributed by atoms with Crippen LogP contribution in [0.3, 0.4) is 0 Å². The maximum atomic E-state index is 15.1. The largest absolute Gasteiger partial charge is 0.493 e. The van der Waals surface area contributed by atoms with Crippen molar-refractivity contribution in [3.63, 3.8) is 0 Å². The van der Waals surface area contributed by atoms with E-state index in [-0.39, 0.29) is 53.6 Å². The van der Waals surface area contributed by atoms with Gasteiger partial charge in [-0.1, -0.05) is 72.3 Å². The molecule has 11 nitrogen and oxygen atoms in total. The van der Waals surface area contributed by atoms with E-state index in [1.54, 1.807) is 55.5 Å². The quantitative estimate of drug-likeness (QED) is 0.109. The molecule has 4 aliphatic heterocycles. The number of allylic oxidation sites excluding steroid dienone is 4. The number of piperidine rings is 3. The van der Waals surface area contributed by atoms with E-state index < -0.39 is 40.0 Å². The minimum atomic E-state index is -4.20. The third kappa shape index (κ3) is 9.55. The number of para-hydroxylation sites is 1. The van der Waals surface area contributed by atoms with Gasteiger partial charge in [0.05, 0.1) is 31.3 Å². The number of ether oxygens (including phenoxy) is 4. The zero-order valence-corrected chi connectivity index (χ0v) is 35.1. The summed E-state index contributed by atoms with van der Waals surface area (Å²) < 4.78 is 67.6. The van der Waals surface area contributed by atoms with Crippen molar-refractivity contribution in [1.29, 1.82) is 0 Å². The molecule has 4 heterocycles. The summed E-state index contributed by atoms with van der Waals surface area (Å²) in [5.74, 6) is -0.216. The summed E-state index contributed by atoms with van der Waals surface area (Å²) in [7, 11) is -1.21. The minimum absolute atomic E-state index is 0.0489. The van der Waals surface area contributed by atoms with Gasteiger partial charge < -0.3 is 18.9 Å². The van der Waals surface area contributed by atoms with Crippen molar-refractivity contribution < 1.29 is 41.3 Å². The molecule has 0 saturated carbocycles. The van der Waals surface area contributed by atoms with Crippen LogP contribution in [0.15, 0.2) is 106 Å². The molecule has 3 atom stereocenters. The van der Waals surface area contributed by atoms with Gasteiger partial charge in [0, 0.05) is 29.6 Å². The molecule has 310 valence electrons. The average Bonchev–Trinajstić information content (AvgIpc) is 3.76. The SMILES string of the molecule is C=C/C(Cl)=C(C[C@H](OC(=O)[C@@H]1CCCN1S(=O)(=O)c1ccc(CN(C(=O)O[C@H]2CN3CCC2CC3)c2ccccc2F)cc1)c1ccc(OC)c(OC)c1)\C(Cl)=C/C. The first-order valence-electron chi connectivity index (χ1n) is 19.2. The number of carbonyl (C=O) groups excluding carboxylic acids is 2. The second-order valence-corrected chi connectivity index (χ2v) is 17.1. The third-order valence-electron chi connectivity index (χ3n) is 11.0. The van der Waals surface area contributed by atoms with Crippen LogP contribution in [0.25, 0.3) is 0 Å². The summed E-state index contributed by atoms with van der Waals surface area (Å²) in [5, 5.41) is 0.601. The Morgan fingerprint density at radius 1 is 0.983 bits per heavy atom. The van der Waals surface area contributed by atoms with E-state index in [1.165, 1.54) is 49.5 Å². The summed E-state index contributed by atoms with van der Waals surface area (Å²) in [6.45, 7) is 8.11. The van der Waals surface area contributed by atoms with E-state index >= 15 is 4.39 Å². The van der Waals surface area contributed by atoms with Crippen molar-refractivity contribution in [3.05, 3.63) is 118 Å². The average molecular weight is 857 g/mol. The molecule has 0 unspecified atom stereocenters. The fraction of sp³-hybridized carbons (Fsp3) is 0.395. The zero-order chi connectivity index (χ0) is 41.6. The highest BCUT2D eigenvalue weighted by Gasteiger charge is 2.42. The highest BCUT2D eigenvalue weighted by Crippen LogP contribution is 2.39. The molecule has 3 aromatic rings. The van der Waals surface area contributed by atoms with Gasteiger partial charge in [-0.2, -0.15) is 4.31 Å². The van der Waals surface area contributed by atoms with Crippen molar-refractivity contribution in [2.45, 2.75) is 68.7 Å². The molecule has 1 amide bonds. The van der Waals surface area contributed by atoms with Crippen LogP contribution in [0.1, 0.15) is 56.3 Å². The fourth-order valence-electron chi connectivity index (χ4n) is 7.80. The van der Waals surface area contributed by atoms with E-state index in [0.29, 0.717) is 46.2 Å². The van der Waals surface area contributed by atoms with Crippen LogP contribution in [-0.2, 0) is 30.8 Å². The number of sulfonamides is 1. The maximum Gasteiger partial charge on any atom is 0.415 e. The van der Waals surface area contributed by atoms with Crippen molar-refractivity contribution >= 4 is 51.0 Å². The molecule has 0 N–H and O–H groups in total. The van der Waals surface area contributed by atoms with Crippen LogP contribution >= 0.6 is 23.2 Å². The van der Waals surface area contributed by atoms with Gasteiger partial charge in [-0.05, 0) is 105 Å². The molecule has 3 aromatic carbocycles. The summed E-state index contributed by atoms with van der Waals surface area (Å²) in [4.78, 5) is 31.2. The number of amides is 1. The molecular formula is C43H48Cl2FN3O8S. The molecule has 0 radical (unpaired) electrons. The normalized spacial score (nSPS) is 21.8. The predicted octanol–water partition coefficient (Wildman–Crippen LogP) is 8.73. The minimum Gasteiger partial charge on any atom is -0.493 e. The lowest BCUT2D eigenvalue weighted by atomic mass is 9.86. The number of rotatable bonds is 15. The molecule has 0 spiro atoms. The van der Waals surface area contributed by atoms with Crippen LogP contribution in [0.4, 0.5) is 14.9 Å².